The van der Waals surface area contributed by atoms with Gasteiger partial charge in [0, 0.05) is 5.56 Å². The van der Waals surface area contributed by atoms with Gasteiger partial charge in [0.25, 0.3) is 5.89 Å². The summed E-state index contributed by atoms with van der Waals surface area (Å²) in [5, 5.41) is 7.93. The first-order chi connectivity index (χ1) is 15.1. The second-order valence-corrected chi connectivity index (χ2v) is 6.03. The second-order valence-electron chi connectivity index (χ2n) is 6.03. The first-order valence-corrected chi connectivity index (χ1v) is 9.07. The summed E-state index contributed by atoms with van der Waals surface area (Å²) in [6.45, 7) is -0.239. The Morgan fingerprint density at radius 2 is 1.42 bits per heavy atom. The molecule has 0 saturated heterocycles. The lowest BCUT2D eigenvalue weighted by atomic mass is 10.2. The Morgan fingerprint density at radius 3 is 1.94 bits per heavy atom. The summed E-state index contributed by atoms with van der Waals surface area (Å²) < 4.78 is 37.3. The SMILES string of the molecule is COc1cc(-c2nnc(COC(=O)c3c(OC)cccc3OC)o2)cc(OC)c1OC. The number of hydrogen-bond donors (Lipinski definition) is 0. The predicted octanol–water partition coefficient (Wildman–Crippen LogP) is 3.14. The molecule has 1 aromatic heterocycles. The second kappa shape index (κ2) is 9.70. The lowest BCUT2D eigenvalue weighted by molar-refractivity contribution is 0.0431. The van der Waals surface area contributed by atoms with Gasteiger partial charge >= 0.3 is 5.97 Å². The number of methoxy groups -OCH3 is 5. The van der Waals surface area contributed by atoms with E-state index in [1.165, 1.54) is 35.5 Å². The summed E-state index contributed by atoms with van der Waals surface area (Å²) in [6, 6.07) is 8.31. The van der Waals surface area contributed by atoms with Gasteiger partial charge in [-0.2, -0.15) is 0 Å². The Bertz CT molecular complexity index is 1020. The number of nitrogens with zero attached hydrogens (tertiary/aromatic N) is 2. The third kappa shape index (κ3) is 4.47. The van der Waals surface area contributed by atoms with Crippen LogP contribution in [-0.4, -0.2) is 51.7 Å². The Morgan fingerprint density at radius 1 is 0.839 bits per heavy atom. The van der Waals surface area contributed by atoms with E-state index in [1.807, 2.05) is 0 Å². The number of carbonyl (C=O) groups excluding carboxylic acids is 1. The van der Waals surface area contributed by atoms with Crippen molar-refractivity contribution >= 4 is 5.97 Å². The Balaban J connectivity index is 1.80. The van der Waals surface area contributed by atoms with E-state index in [1.54, 1.807) is 30.3 Å². The van der Waals surface area contributed by atoms with Crippen molar-refractivity contribution in [3.8, 4) is 40.2 Å². The van der Waals surface area contributed by atoms with Crippen molar-refractivity contribution in [2.45, 2.75) is 6.61 Å². The molecule has 10 nitrogen and oxygen atoms in total. The maximum atomic E-state index is 12.6. The number of carbonyl (C=O) groups is 1. The molecule has 0 bridgehead atoms. The Kier molecular flexibility index (Phi) is 6.81. The average Bonchev–Trinajstić information content (AvgIpc) is 3.29. The number of aromatic nitrogens is 2. The van der Waals surface area contributed by atoms with E-state index in [-0.39, 0.29) is 24.0 Å². The highest BCUT2D eigenvalue weighted by atomic mass is 16.5. The van der Waals surface area contributed by atoms with Crippen molar-refractivity contribution in [1.82, 2.24) is 10.2 Å². The highest BCUT2D eigenvalue weighted by Gasteiger charge is 2.22. The molecule has 0 amide bonds. The van der Waals surface area contributed by atoms with E-state index in [2.05, 4.69) is 10.2 Å². The van der Waals surface area contributed by atoms with Crippen molar-refractivity contribution < 1.29 is 37.6 Å². The van der Waals surface area contributed by atoms with Crippen molar-refractivity contribution in [3.05, 3.63) is 41.8 Å². The van der Waals surface area contributed by atoms with E-state index >= 15 is 0 Å². The summed E-state index contributed by atoms with van der Waals surface area (Å²) in [6.07, 6.45) is 0. The summed E-state index contributed by atoms with van der Waals surface area (Å²) >= 11 is 0. The summed E-state index contributed by atoms with van der Waals surface area (Å²) in [7, 11) is 7.42. The fraction of sp³-hybridized carbons (Fsp3) is 0.286. The molecule has 0 atom stereocenters. The largest absolute Gasteiger partial charge is 0.496 e. The highest BCUT2D eigenvalue weighted by molar-refractivity contribution is 5.95. The standard InChI is InChI=1S/C21H22N2O8/c1-25-13-7-6-8-14(26-2)18(13)21(24)30-11-17-22-23-20(31-17)12-9-15(27-3)19(29-5)16(10-12)28-4/h6-10H,11H2,1-5H3. The smallest absolute Gasteiger partial charge is 0.346 e. The molecular formula is C21H22N2O8. The molecule has 0 saturated carbocycles. The quantitative estimate of drug-likeness (QED) is 0.469. The maximum Gasteiger partial charge on any atom is 0.346 e. The predicted molar refractivity (Wildman–Crippen MR) is 108 cm³/mol. The highest BCUT2D eigenvalue weighted by Crippen LogP contribution is 2.40. The zero-order valence-electron chi connectivity index (χ0n) is 17.8. The molecule has 3 aromatic rings. The van der Waals surface area contributed by atoms with E-state index in [9.17, 15) is 4.79 Å². The molecule has 0 aliphatic heterocycles. The van der Waals surface area contributed by atoms with Gasteiger partial charge in [0.05, 0.1) is 35.5 Å². The molecule has 31 heavy (non-hydrogen) atoms. The number of ether oxygens (including phenoxy) is 6. The van der Waals surface area contributed by atoms with Crippen LogP contribution in [0.15, 0.2) is 34.7 Å². The van der Waals surface area contributed by atoms with Gasteiger partial charge in [0.1, 0.15) is 17.1 Å². The van der Waals surface area contributed by atoms with Crippen LogP contribution in [0.2, 0.25) is 0 Å². The van der Waals surface area contributed by atoms with Gasteiger partial charge in [0.15, 0.2) is 18.1 Å². The van der Waals surface area contributed by atoms with Gasteiger partial charge in [-0.3, -0.25) is 0 Å². The molecule has 0 spiro atoms. The van der Waals surface area contributed by atoms with Crippen LogP contribution in [0, 0.1) is 0 Å². The van der Waals surface area contributed by atoms with Crippen LogP contribution in [0.3, 0.4) is 0 Å². The molecule has 0 fully saturated rings. The van der Waals surface area contributed by atoms with Crippen LogP contribution >= 0.6 is 0 Å². The molecule has 2 aromatic carbocycles. The summed E-state index contributed by atoms with van der Waals surface area (Å²) in [5.74, 6) is 1.61. The zero-order valence-corrected chi connectivity index (χ0v) is 17.8. The first-order valence-electron chi connectivity index (χ1n) is 9.07. The molecule has 10 heteroatoms. The van der Waals surface area contributed by atoms with E-state index in [0.717, 1.165) is 0 Å². The normalized spacial score (nSPS) is 10.4. The lowest BCUT2D eigenvalue weighted by Crippen LogP contribution is -2.09. The van der Waals surface area contributed by atoms with Crippen molar-refractivity contribution in [2.24, 2.45) is 0 Å². The van der Waals surface area contributed by atoms with Crippen LogP contribution in [0.4, 0.5) is 0 Å². The van der Waals surface area contributed by atoms with Gasteiger partial charge in [0.2, 0.25) is 11.6 Å². The van der Waals surface area contributed by atoms with Gasteiger partial charge in [-0.1, -0.05) is 6.07 Å². The number of hydrogen-bond acceptors (Lipinski definition) is 10. The van der Waals surface area contributed by atoms with Crippen molar-refractivity contribution in [2.75, 3.05) is 35.5 Å². The Hall–Kier alpha value is -3.95. The van der Waals surface area contributed by atoms with Crippen LogP contribution in [0.5, 0.6) is 28.7 Å². The number of rotatable bonds is 9. The third-order valence-electron chi connectivity index (χ3n) is 4.34. The van der Waals surface area contributed by atoms with Crippen LogP contribution < -0.4 is 23.7 Å². The average molecular weight is 430 g/mol. The molecule has 164 valence electrons. The van der Waals surface area contributed by atoms with Crippen LogP contribution in [-0.2, 0) is 11.3 Å². The topological polar surface area (TPSA) is 111 Å². The van der Waals surface area contributed by atoms with Crippen LogP contribution in [0.25, 0.3) is 11.5 Å². The zero-order chi connectivity index (χ0) is 22.4. The van der Waals surface area contributed by atoms with Crippen molar-refractivity contribution in [1.29, 1.82) is 0 Å². The minimum absolute atomic E-state index is 0.103. The third-order valence-corrected chi connectivity index (χ3v) is 4.34. The van der Waals surface area contributed by atoms with Gasteiger partial charge in [-0.15, -0.1) is 10.2 Å². The molecule has 3 rings (SSSR count). The molecule has 0 N–H and O–H groups in total. The molecule has 0 aliphatic carbocycles. The van der Waals surface area contributed by atoms with Gasteiger partial charge in [-0.05, 0) is 24.3 Å². The molecular weight excluding hydrogens is 408 g/mol. The summed E-state index contributed by atoms with van der Waals surface area (Å²) in [4.78, 5) is 12.6. The van der Waals surface area contributed by atoms with E-state index in [0.29, 0.717) is 34.3 Å². The molecule has 0 radical (unpaired) electrons. The first kappa shape index (κ1) is 21.8. The summed E-state index contributed by atoms with van der Waals surface area (Å²) in [5.41, 5.74) is 0.711. The van der Waals surface area contributed by atoms with Gasteiger partial charge < -0.3 is 32.8 Å². The molecule has 1 heterocycles. The minimum Gasteiger partial charge on any atom is -0.496 e. The molecule has 0 unspecified atom stereocenters. The van der Waals surface area contributed by atoms with Gasteiger partial charge in [-0.25, -0.2) is 4.79 Å². The van der Waals surface area contributed by atoms with E-state index in [4.69, 9.17) is 32.8 Å². The van der Waals surface area contributed by atoms with Crippen molar-refractivity contribution in [3.63, 3.8) is 0 Å². The minimum atomic E-state index is -0.651. The van der Waals surface area contributed by atoms with Crippen LogP contribution in [0.1, 0.15) is 16.2 Å². The maximum absolute atomic E-state index is 12.6. The fourth-order valence-corrected chi connectivity index (χ4v) is 2.88. The lowest BCUT2D eigenvalue weighted by Gasteiger charge is -2.12. The molecule has 0 aliphatic rings. The number of benzene rings is 2. The fourth-order valence-electron chi connectivity index (χ4n) is 2.88. The Labute approximate surface area is 178 Å². The number of esters is 1. The van der Waals surface area contributed by atoms with E-state index < -0.39 is 5.97 Å². The monoisotopic (exact) mass is 430 g/mol.